The Bertz CT molecular complexity index is 861. The van der Waals surface area contributed by atoms with Crippen molar-refractivity contribution in [1.29, 1.82) is 0 Å². The van der Waals surface area contributed by atoms with Gasteiger partial charge in [-0.1, -0.05) is 29.8 Å². The Morgan fingerprint density at radius 2 is 2.14 bits per heavy atom. The summed E-state index contributed by atoms with van der Waals surface area (Å²) >= 11 is 7.94. The number of carbonyl (C=O) groups excluding carboxylic acids is 1. The largest absolute Gasteiger partial charge is 0.289 e. The van der Waals surface area contributed by atoms with Gasteiger partial charge in [0.2, 0.25) is 0 Å². The average molecular weight is 331 g/mol. The molecule has 0 saturated heterocycles. The van der Waals surface area contributed by atoms with Crippen LogP contribution in [0.25, 0.3) is 16.2 Å². The van der Waals surface area contributed by atoms with E-state index in [2.05, 4.69) is 5.10 Å². The number of nitrogens with zero attached hydrogens (tertiary/aromatic N) is 2. The Balaban J connectivity index is 1.85. The second-order valence-corrected chi connectivity index (χ2v) is 6.74. The van der Waals surface area contributed by atoms with Crippen LogP contribution in [-0.4, -0.2) is 15.6 Å². The van der Waals surface area contributed by atoms with E-state index in [1.807, 2.05) is 38.1 Å². The lowest BCUT2D eigenvalue weighted by Gasteiger charge is -2.02. The SMILES string of the molecule is CC(C)n1cc(C(=O)/C=C/c2sc3ccccc3c2Cl)cn1. The van der Waals surface area contributed by atoms with E-state index in [-0.39, 0.29) is 11.8 Å². The number of carbonyl (C=O) groups is 1. The lowest BCUT2D eigenvalue weighted by molar-refractivity contribution is 0.104. The van der Waals surface area contributed by atoms with E-state index in [9.17, 15) is 4.79 Å². The summed E-state index contributed by atoms with van der Waals surface area (Å²) in [6, 6.07) is 8.19. The van der Waals surface area contributed by atoms with Gasteiger partial charge in [0.15, 0.2) is 5.78 Å². The van der Waals surface area contributed by atoms with Crippen molar-refractivity contribution in [3.8, 4) is 0 Å². The van der Waals surface area contributed by atoms with Crippen LogP contribution in [0.4, 0.5) is 0 Å². The first kappa shape index (κ1) is 15.0. The van der Waals surface area contributed by atoms with Gasteiger partial charge in [0.1, 0.15) is 0 Å². The summed E-state index contributed by atoms with van der Waals surface area (Å²) < 4.78 is 2.89. The van der Waals surface area contributed by atoms with Crippen LogP contribution in [0.2, 0.25) is 5.02 Å². The zero-order chi connectivity index (χ0) is 15.7. The minimum Gasteiger partial charge on any atom is -0.289 e. The molecule has 2 aromatic heterocycles. The second-order valence-electron chi connectivity index (χ2n) is 5.28. The van der Waals surface area contributed by atoms with Gasteiger partial charge in [-0.25, -0.2) is 0 Å². The van der Waals surface area contributed by atoms with Crippen LogP contribution in [0, 0.1) is 0 Å². The molecule has 3 aromatic rings. The number of ketones is 1. The highest BCUT2D eigenvalue weighted by molar-refractivity contribution is 7.20. The van der Waals surface area contributed by atoms with Gasteiger partial charge in [0.25, 0.3) is 0 Å². The summed E-state index contributed by atoms with van der Waals surface area (Å²) in [7, 11) is 0. The molecule has 0 aliphatic heterocycles. The zero-order valence-corrected chi connectivity index (χ0v) is 13.9. The van der Waals surface area contributed by atoms with E-state index in [4.69, 9.17) is 11.6 Å². The molecule has 112 valence electrons. The van der Waals surface area contributed by atoms with E-state index in [0.717, 1.165) is 15.0 Å². The van der Waals surface area contributed by atoms with Gasteiger partial charge in [0, 0.05) is 27.2 Å². The Hall–Kier alpha value is -1.91. The van der Waals surface area contributed by atoms with Crippen LogP contribution in [0.5, 0.6) is 0 Å². The van der Waals surface area contributed by atoms with E-state index >= 15 is 0 Å². The third-order valence-electron chi connectivity index (χ3n) is 3.36. The third-order valence-corrected chi connectivity index (χ3v) is 5.02. The van der Waals surface area contributed by atoms with Crippen LogP contribution >= 0.6 is 22.9 Å². The van der Waals surface area contributed by atoms with Crippen LogP contribution < -0.4 is 0 Å². The normalized spacial score (nSPS) is 11.8. The van der Waals surface area contributed by atoms with Crippen LogP contribution in [0.1, 0.15) is 35.1 Å². The number of allylic oxidation sites excluding steroid dienone is 1. The lowest BCUT2D eigenvalue weighted by Crippen LogP contribution is -2.00. The van der Waals surface area contributed by atoms with Gasteiger partial charge in [-0.15, -0.1) is 11.3 Å². The maximum Gasteiger partial charge on any atom is 0.189 e. The van der Waals surface area contributed by atoms with E-state index in [0.29, 0.717) is 10.6 Å². The fourth-order valence-electron chi connectivity index (χ4n) is 2.14. The molecule has 0 radical (unpaired) electrons. The maximum absolute atomic E-state index is 12.2. The fourth-order valence-corrected chi connectivity index (χ4v) is 3.53. The summed E-state index contributed by atoms with van der Waals surface area (Å²) in [4.78, 5) is 13.1. The van der Waals surface area contributed by atoms with Crippen molar-refractivity contribution in [2.24, 2.45) is 0 Å². The van der Waals surface area contributed by atoms with Crippen LogP contribution in [0.15, 0.2) is 42.7 Å². The zero-order valence-electron chi connectivity index (χ0n) is 12.3. The van der Waals surface area contributed by atoms with Crippen molar-refractivity contribution >= 4 is 44.9 Å². The highest BCUT2D eigenvalue weighted by Gasteiger charge is 2.10. The van der Waals surface area contributed by atoms with Crippen molar-refractivity contribution in [2.75, 3.05) is 0 Å². The van der Waals surface area contributed by atoms with E-state index in [1.54, 1.807) is 40.6 Å². The predicted octanol–water partition coefficient (Wildman–Crippen LogP) is 5.23. The second kappa shape index (κ2) is 6.07. The van der Waals surface area contributed by atoms with Crippen molar-refractivity contribution in [3.05, 3.63) is 58.2 Å². The van der Waals surface area contributed by atoms with Crippen molar-refractivity contribution in [2.45, 2.75) is 19.9 Å². The summed E-state index contributed by atoms with van der Waals surface area (Å²) in [6.45, 7) is 4.04. The number of hydrogen-bond donors (Lipinski definition) is 0. The number of halogens is 1. The van der Waals surface area contributed by atoms with Gasteiger partial charge in [-0.3, -0.25) is 9.48 Å². The molecule has 0 atom stereocenters. The summed E-state index contributed by atoms with van der Waals surface area (Å²) in [5, 5.41) is 5.90. The van der Waals surface area contributed by atoms with Gasteiger partial charge in [-0.05, 0) is 32.1 Å². The van der Waals surface area contributed by atoms with Gasteiger partial charge in [0.05, 0.1) is 16.8 Å². The molecule has 0 bridgehead atoms. The number of fused-ring (bicyclic) bond motifs is 1. The van der Waals surface area contributed by atoms with Crippen molar-refractivity contribution in [1.82, 2.24) is 9.78 Å². The monoisotopic (exact) mass is 330 g/mol. The topological polar surface area (TPSA) is 34.9 Å². The smallest absolute Gasteiger partial charge is 0.189 e. The molecule has 0 unspecified atom stereocenters. The van der Waals surface area contributed by atoms with Crippen molar-refractivity contribution < 1.29 is 4.79 Å². The molecule has 22 heavy (non-hydrogen) atoms. The molecule has 0 aliphatic rings. The molecule has 0 amide bonds. The molecule has 2 heterocycles. The molecule has 1 aromatic carbocycles. The maximum atomic E-state index is 12.2. The Morgan fingerprint density at radius 3 is 2.82 bits per heavy atom. The summed E-state index contributed by atoms with van der Waals surface area (Å²) in [5.74, 6) is -0.0691. The molecular weight excluding hydrogens is 316 g/mol. The van der Waals surface area contributed by atoms with E-state index in [1.165, 1.54) is 0 Å². The highest BCUT2D eigenvalue weighted by Crippen LogP contribution is 2.35. The molecule has 3 rings (SSSR count). The third kappa shape index (κ3) is 2.85. The lowest BCUT2D eigenvalue weighted by atomic mass is 10.2. The summed E-state index contributed by atoms with van der Waals surface area (Å²) in [6.07, 6.45) is 6.70. The van der Waals surface area contributed by atoms with Gasteiger partial charge >= 0.3 is 0 Å². The summed E-state index contributed by atoms with van der Waals surface area (Å²) in [5.41, 5.74) is 0.585. The van der Waals surface area contributed by atoms with E-state index < -0.39 is 0 Å². The van der Waals surface area contributed by atoms with Gasteiger partial charge in [-0.2, -0.15) is 5.10 Å². The minimum atomic E-state index is -0.0691. The minimum absolute atomic E-state index is 0.0691. The van der Waals surface area contributed by atoms with Gasteiger partial charge < -0.3 is 0 Å². The Kier molecular flexibility index (Phi) is 4.14. The Morgan fingerprint density at radius 1 is 1.36 bits per heavy atom. The highest BCUT2D eigenvalue weighted by atomic mass is 35.5. The number of benzene rings is 1. The average Bonchev–Trinajstić information content (AvgIpc) is 3.11. The standard InChI is InChI=1S/C17H15ClN2OS/c1-11(2)20-10-12(9-19-20)14(21)7-8-16-17(18)13-5-3-4-6-15(13)22-16/h3-11H,1-2H3/b8-7+. The number of hydrogen-bond acceptors (Lipinski definition) is 3. The fraction of sp³-hybridized carbons (Fsp3) is 0.176. The first-order valence-electron chi connectivity index (χ1n) is 7.00. The van der Waals surface area contributed by atoms with Crippen LogP contribution in [0.3, 0.4) is 0 Å². The van der Waals surface area contributed by atoms with Crippen molar-refractivity contribution in [3.63, 3.8) is 0 Å². The van der Waals surface area contributed by atoms with Crippen LogP contribution in [-0.2, 0) is 0 Å². The molecule has 0 spiro atoms. The predicted molar refractivity (Wildman–Crippen MR) is 92.8 cm³/mol. The molecular formula is C17H15ClN2OS. The quantitative estimate of drug-likeness (QED) is 0.485. The molecule has 0 aliphatic carbocycles. The molecule has 5 heteroatoms. The molecule has 0 fully saturated rings. The first-order chi connectivity index (χ1) is 10.6. The number of rotatable bonds is 4. The Labute approximate surface area is 137 Å². The molecule has 0 saturated carbocycles. The molecule has 3 nitrogen and oxygen atoms in total. The first-order valence-corrected chi connectivity index (χ1v) is 8.19. The molecule has 0 N–H and O–H groups in total. The number of thiophene rings is 1. The number of aromatic nitrogens is 2.